The molecule has 0 aliphatic heterocycles. The highest BCUT2D eigenvalue weighted by Gasteiger charge is 2.24. The Hall–Kier alpha value is -1.57. The summed E-state index contributed by atoms with van der Waals surface area (Å²) in [7, 11) is -3.97. The zero-order valence-electron chi connectivity index (χ0n) is 11.3. The van der Waals surface area contributed by atoms with Crippen LogP contribution in [0.2, 0.25) is 5.15 Å². The van der Waals surface area contributed by atoms with Gasteiger partial charge in [-0.05, 0) is 41.1 Å². The fraction of sp³-hybridized carbons (Fsp3) is 0.0714. The Kier molecular flexibility index (Phi) is 3.66. The Bertz CT molecular complexity index is 1040. The summed E-state index contributed by atoms with van der Waals surface area (Å²) in [5.74, 6) is 0. The monoisotopic (exact) mass is 400 g/mol. The largest absolute Gasteiger partial charge is 0.326 e. The molecular formula is C14H10BrClN2O3S. The maximum absolute atomic E-state index is 12.8. The van der Waals surface area contributed by atoms with E-state index in [1.165, 1.54) is 24.4 Å². The fourth-order valence-corrected chi connectivity index (χ4v) is 4.46. The summed E-state index contributed by atoms with van der Waals surface area (Å²) >= 11 is 9.36. The SMILES string of the molecule is Cc1ccc(S(=O)(=O)n2c(Cl)cc3c(Br)c[nH]c(=O)c32)cc1. The van der Waals surface area contributed by atoms with E-state index < -0.39 is 15.6 Å². The van der Waals surface area contributed by atoms with Gasteiger partial charge in [0.1, 0.15) is 10.7 Å². The number of H-pyrrole nitrogens is 1. The summed E-state index contributed by atoms with van der Waals surface area (Å²) in [6, 6.07) is 7.79. The minimum atomic E-state index is -3.97. The predicted octanol–water partition coefficient (Wildman–Crippen LogP) is 3.29. The van der Waals surface area contributed by atoms with Crippen molar-refractivity contribution in [3.05, 3.63) is 62.1 Å². The van der Waals surface area contributed by atoms with E-state index in [1.807, 2.05) is 6.92 Å². The van der Waals surface area contributed by atoms with E-state index in [4.69, 9.17) is 11.6 Å². The van der Waals surface area contributed by atoms with Crippen LogP contribution in [0.1, 0.15) is 5.56 Å². The van der Waals surface area contributed by atoms with Gasteiger partial charge in [-0.15, -0.1) is 0 Å². The topological polar surface area (TPSA) is 71.9 Å². The molecule has 3 rings (SSSR count). The number of halogens is 2. The van der Waals surface area contributed by atoms with Gasteiger partial charge in [-0.1, -0.05) is 29.3 Å². The summed E-state index contributed by atoms with van der Waals surface area (Å²) in [5, 5.41) is 0.386. The lowest BCUT2D eigenvalue weighted by atomic mass is 10.2. The number of nitrogens with zero attached hydrogens (tertiary/aromatic N) is 1. The number of benzene rings is 1. The number of nitrogens with one attached hydrogen (secondary N) is 1. The molecule has 0 fully saturated rings. The number of fused-ring (bicyclic) bond motifs is 1. The molecule has 0 unspecified atom stereocenters. The highest BCUT2D eigenvalue weighted by molar-refractivity contribution is 9.10. The Morgan fingerprint density at radius 1 is 1.23 bits per heavy atom. The fourth-order valence-electron chi connectivity index (χ4n) is 2.18. The van der Waals surface area contributed by atoms with Gasteiger partial charge in [0.2, 0.25) is 0 Å². The highest BCUT2D eigenvalue weighted by atomic mass is 79.9. The second-order valence-corrected chi connectivity index (χ2v) is 7.81. The van der Waals surface area contributed by atoms with Crippen molar-refractivity contribution in [2.45, 2.75) is 11.8 Å². The van der Waals surface area contributed by atoms with Crippen molar-refractivity contribution in [3.63, 3.8) is 0 Å². The van der Waals surface area contributed by atoms with Crippen LogP contribution < -0.4 is 5.56 Å². The van der Waals surface area contributed by atoms with Gasteiger partial charge < -0.3 is 4.98 Å². The molecular weight excluding hydrogens is 392 g/mol. The average molecular weight is 402 g/mol. The molecule has 0 spiro atoms. The van der Waals surface area contributed by atoms with Crippen LogP contribution in [0.15, 0.2) is 50.7 Å². The van der Waals surface area contributed by atoms with Crippen molar-refractivity contribution in [2.75, 3.05) is 0 Å². The minimum absolute atomic E-state index is 0.0139. The molecule has 8 heteroatoms. The van der Waals surface area contributed by atoms with Crippen LogP contribution in [0, 0.1) is 6.92 Å². The van der Waals surface area contributed by atoms with Crippen molar-refractivity contribution in [3.8, 4) is 0 Å². The molecule has 22 heavy (non-hydrogen) atoms. The molecule has 0 saturated carbocycles. The van der Waals surface area contributed by atoms with Gasteiger partial charge >= 0.3 is 0 Å². The number of hydrogen-bond acceptors (Lipinski definition) is 3. The second-order valence-electron chi connectivity index (χ2n) is 4.78. The smallest absolute Gasteiger partial charge is 0.273 e. The molecule has 114 valence electrons. The third kappa shape index (κ3) is 2.29. The van der Waals surface area contributed by atoms with E-state index in [-0.39, 0.29) is 15.6 Å². The van der Waals surface area contributed by atoms with E-state index in [1.54, 1.807) is 12.1 Å². The highest BCUT2D eigenvalue weighted by Crippen LogP contribution is 2.30. The van der Waals surface area contributed by atoms with Crippen LogP contribution in [0.25, 0.3) is 10.9 Å². The maximum Gasteiger partial charge on any atom is 0.273 e. The van der Waals surface area contributed by atoms with Gasteiger partial charge in [-0.2, -0.15) is 0 Å². The van der Waals surface area contributed by atoms with Gasteiger partial charge in [0, 0.05) is 16.1 Å². The third-order valence-corrected chi connectivity index (χ3v) is 6.04. The van der Waals surface area contributed by atoms with Crippen LogP contribution in [-0.2, 0) is 10.0 Å². The Balaban J connectivity index is 2.39. The Morgan fingerprint density at radius 3 is 2.50 bits per heavy atom. The zero-order valence-corrected chi connectivity index (χ0v) is 14.5. The van der Waals surface area contributed by atoms with Crippen molar-refractivity contribution in [2.24, 2.45) is 0 Å². The van der Waals surface area contributed by atoms with Crippen molar-refractivity contribution >= 4 is 48.5 Å². The van der Waals surface area contributed by atoms with Gasteiger partial charge in [0.25, 0.3) is 15.6 Å². The Morgan fingerprint density at radius 2 is 1.86 bits per heavy atom. The van der Waals surface area contributed by atoms with E-state index in [2.05, 4.69) is 20.9 Å². The molecule has 0 aliphatic rings. The van der Waals surface area contributed by atoms with Gasteiger partial charge in [-0.3, -0.25) is 4.79 Å². The molecule has 0 saturated heterocycles. The van der Waals surface area contributed by atoms with Crippen LogP contribution in [0.5, 0.6) is 0 Å². The predicted molar refractivity (Wildman–Crippen MR) is 89.0 cm³/mol. The van der Waals surface area contributed by atoms with Gasteiger partial charge in [0.05, 0.1) is 4.90 Å². The number of pyridine rings is 1. The van der Waals surface area contributed by atoms with Crippen molar-refractivity contribution < 1.29 is 8.42 Å². The summed E-state index contributed by atoms with van der Waals surface area (Å²) in [6.07, 6.45) is 1.45. The summed E-state index contributed by atoms with van der Waals surface area (Å²) in [5.41, 5.74) is 0.392. The lowest BCUT2D eigenvalue weighted by Gasteiger charge is -2.09. The van der Waals surface area contributed by atoms with Crippen LogP contribution in [0.3, 0.4) is 0 Å². The number of rotatable bonds is 2. The first-order chi connectivity index (χ1) is 10.3. The summed E-state index contributed by atoms with van der Waals surface area (Å²) < 4.78 is 27.0. The average Bonchev–Trinajstić information content (AvgIpc) is 2.83. The summed E-state index contributed by atoms with van der Waals surface area (Å²) in [6.45, 7) is 1.86. The third-order valence-electron chi connectivity index (χ3n) is 3.28. The molecule has 0 atom stereocenters. The Labute approximate surface area is 139 Å². The number of aromatic nitrogens is 2. The quantitative estimate of drug-likeness (QED) is 0.716. The molecule has 1 aromatic carbocycles. The number of hydrogen-bond donors (Lipinski definition) is 1. The van der Waals surface area contributed by atoms with Crippen molar-refractivity contribution in [1.82, 2.24) is 8.96 Å². The van der Waals surface area contributed by atoms with Crippen LogP contribution in [0.4, 0.5) is 0 Å². The van der Waals surface area contributed by atoms with E-state index in [0.717, 1.165) is 9.54 Å². The second kappa shape index (κ2) is 5.26. The molecule has 2 heterocycles. The number of aryl methyl sites for hydroxylation is 1. The normalized spacial score (nSPS) is 12.0. The van der Waals surface area contributed by atoms with E-state index in [0.29, 0.717) is 9.86 Å². The maximum atomic E-state index is 12.8. The molecule has 0 amide bonds. The molecule has 0 aliphatic carbocycles. The lowest BCUT2D eigenvalue weighted by Crippen LogP contribution is -2.18. The van der Waals surface area contributed by atoms with Crippen LogP contribution >= 0.6 is 27.5 Å². The first-order valence-corrected chi connectivity index (χ1v) is 8.84. The molecule has 2 aromatic heterocycles. The van der Waals surface area contributed by atoms with Crippen LogP contribution in [-0.4, -0.2) is 17.4 Å². The van der Waals surface area contributed by atoms with E-state index >= 15 is 0 Å². The van der Waals surface area contributed by atoms with Gasteiger partial charge in [0.15, 0.2) is 0 Å². The zero-order chi connectivity index (χ0) is 16.1. The number of aromatic amines is 1. The standard InChI is InChI=1S/C14H10BrClN2O3S/c1-8-2-4-9(5-3-8)22(20,21)18-12(16)6-10-11(15)7-17-14(19)13(10)18/h2-7H,1H3,(H,17,19). The van der Waals surface area contributed by atoms with E-state index in [9.17, 15) is 13.2 Å². The molecule has 1 N–H and O–H groups in total. The molecule has 5 nitrogen and oxygen atoms in total. The van der Waals surface area contributed by atoms with Gasteiger partial charge in [-0.25, -0.2) is 12.4 Å². The lowest BCUT2D eigenvalue weighted by molar-refractivity contribution is 0.589. The van der Waals surface area contributed by atoms with Crippen molar-refractivity contribution in [1.29, 1.82) is 0 Å². The first kappa shape index (κ1) is 15.3. The summed E-state index contributed by atoms with van der Waals surface area (Å²) in [4.78, 5) is 14.6. The molecule has 0 radical (unpaired) electrons. The first-order valence-electron chi connectivity index (χ1n) is 6.23. The molecule has 0 bridgehead atoms. The minimum Gasteiger partial charge on any atom is -0.326 e. The molecule has 3 aromatic rings.